The number of sulfone groups is 1. The van der Waals surface area contributed by atoms with Gasteiger partial charge in [-0.1, -0.05) is 36.2 Å². The van der Waals surface area contributed by atoms with Crippen molar-refractivity contribution < 1.29 is 45.4 Å². The molecule has 79 heavy (non-hydrogen) atoms. The predicted molar refractivity (Wildman–Crippen MR) is 304 cm³/mol. The van der Waals surface area contributed by atoms with Gasteiger partial charge in [0.15, 0.2) is 15.7 Å². The minimum absolute atomic E-state index is 0.0388. The van der Waals surface area contributed by atoms with E-state index in [1.165, 1.54) is 22.8 Å². The van der Waals surface area contributed by atoms with Crippen molar-refractivity contribution in [3.05, 3.63) is 108 Å². The summed E-state index contributed by atoms with van der Waals surface area (Å²) < 4.78 is 73.9. The Kier molecular flexibility index (Phi) is 19.0. The van der Waals surface area contributed by atoms with Gasteiger partial charge in [-0.05, 0) is 133 Å². The topological polar surface area (TPSA) is 236 Å². The summed E-state index contributed by atoms with van der Waals surface area (Å²) in [5.74, 6) is -0.783. The number of hydrogen-bond acceptors (Lipinski definition) is 17. The van der Waals surface area contributed by atoms with Crippen LogP contribution in [0, 0.1) is 5.41 Å². The van der Waals surface area contributed by atoms with Gasteiger partial charge in [0, 0.05) is 87.2 Å². The highest BCUT2D eigenvalue weighted by Crippen LogP contribution is 2.36. The first-order valence-electron chi connectivity index (χ1n) is 26.4. The van der Waals surface area contributed by atoms with Crippen molar-refractivity contribution in [2.75, 3.05) is 80.6 Å². The Morgan fingerprint density at radius 3 is 2.24 bits per heavy atom. The molecule has 2 saturated heterocycles. The number of pyridine rings is 1. The van der Waals surface area contributed by atoms with Crippen LogP contribution in [0.4, 0.5) is 34.5 Å². The van der Waals surface area contributed by atoms with Gasteiger partial charge in [0.25, 0.3) is 0 Å². The average molecular weight is 1140 g/mol. The van der Waals surface area contributed by atoms with Crippen LogP contribution in [-0.2, 0) is 54.9 Å². The van der Waals surface area contributed by atoms with E-state index in [9.17, 15) is 31.2 Å². The fourth-order valence-electron chi connectivity index (χ4n) is 9.26. The maximum Gasteiger partial charge on any atom is 0.314 e. The molecule has 0 saturated carbocycles. The molecule has 6 aromatic rings. The number of esters is 2. The van der Waals surface area contributed by atoms with Crippen molar-refractivity contribution in [2.24, 2.45) is 5.41 Å². The van der Waals surface area contributed by atoms with Gasteiger partial charge < -0.3 is 35.1 Å². The molecule has 0 unspecified atom stereocenters. The van der Waals surface area contributed by atoms with Gasteiger partial charge in [-0.2, -0.15) is 14.4 Å². The number of para-hydroxylation sites is 1. The second kappa shape index (κ2) is 25.6. The zero-order valence-corrected chi connectivity index (χ0v) is 47.8. The van der Waals surface area contributed by atoms with Gasteiger partial charge in [-0.15, -0.1) is 0 Å². The molecule has 2 aliphatic rings. The molecule has 0 spiro atoms. The summed E-state index contributed by atoms with van der Waals surface area (Å²) >= 11 is 6.44. The van der Waals surface area contributed by atoms with E-state index in [1.807, 2.05) is 24.3 Å². The summed E-state index contributed by atoms with van der Waals surface area (Å²) in [7, 11) is -6.00. The third-order valence-corrected chi connectivity index (χ3v) is 18.4. The molecule has 3 aromatic heterocycles. The fourth-order valence-corrected chi connectivity index (χ4v) is 12.3. The molecular formula is C56H69ClN10O10S2. The monoisotopic (exact) mass is 1140 g/mol. The number of rotatable bonds is 22. The highest BCUT2D eigenvalue weighted by molar-refractivity contribution is 7.92. The lowest BCUT2D eigenvalue weighted by Crippen LogP contribution is -2.46. The average Bonchev–Trinajstić information content (AvgIpc) is 3.96. The number of nitrogens with one attached hydrogen (secondary N) is 3. The molecule has 3 N–H and O–H groups in total. The Hall–Kier alpha value is -6.69. The minimum atomic E-state index is -4.05. The van der Waals surface area contributed by atoms with Crippen molar-refractivity contribution in [3.8, 4) is 11.1 Å². The van der Waals surface area contributed by atoms with Gasteiger partial charge in [-0.25, -0.2) is 26.3 Å². The summed E-state index contributed by atoms with van der Waals surface area (Å²) in [5.41, 5.74) is 3.91. The first-order valence-corrected chi connectivity index (χ1v) is 29.8. The second-order valence-electron chi connectivity index (χ2n) is 20.9. The molecule has 5 heterocycles. The number of amides is 1. The van der Waals surface area contributed by atoms with Crippen LogP contribution < -0.4 is 20.9 Å². The van der Waals surface area contributed by atoms with Crippen molar-refractivity contribution in [3.63, 3.8) is 0 Å². The van der Waals surface area contributed by atoms with Crippen LogP contribution in [0.3, 0.4) is 0 Å². The van der Waals surface area contributed by atoms with E-state index in [1.54, 1.807) is 101 Å². The maximum absolute atomic E-state index is 14.5. The smallest absolute Gasteiger partial charge is 0.314 e. The Balaban J connectivity index is 0.818. The van der Waals surface area contributed by atoms with Crippen LogP contribution in [0.25, 0.3) is 16.6 Å². The molecule has 8 rings (SSSR count). The standard InChI is InChI=1S/C56H69ClN10O10S2/c1-38(2)78(71,72)49-13-10-9-12-47(49)62-53-46(57)36-58-55(63-53)61-41-15-18-43(19-16-41)65-30-28-64(29-31-65)24-11-7-8-14-51(68)60-42-17-20-45(50(34-42)79(73,74)66-25-22-44(75-6)23-26-66)39-21-27-67-48(32-39)40(35-59-67)33-52(69)76-37-77-54(70)56(3,4)5/h9-10,12-13,15-21,27,32,34-36,38,44H,7-8,11,14,22-26,28-31,33,37H2,1-6H3,(H,60,68)(H2,58,61,62,63). The number of aromatic nitrogens is 4. The third kappa shape index (κ3) is 14.8. The number of methoxy groups -OCH3 is 1. The molecule has 20 nitrogen and oxygen atoms in total. The Bertz CT molecular complexity index is 3360. The number of fused-ring (bicyclic) bond motifs is 1. The minimum Gasteiger partial charge on any atom is -0.428 e. The van der Waals surface area contributed by atoms with E-state index in [2.05, 4.69) is 40.8 Å². The molecule has 3 aromatic carbocycles. The number of anilines is 6. The van der Waals surface area contributed by atoms with Crippen molar-refractivity contribution >= 4 is 89.3 Å². The summed E-state index contributed by atoms with van der Waals surface area (Å²) in [6, 6.07) is 23.1. The normalized spacial score (nSPS) is 15.1. The number of unbranched alkanes of at least 4 members (excludes halogenated alkanes) is 2. The lowest BCUT2D eigenvalue weighted by atomic mass is 9.98. The van der Waals surface area contributed by atoms with Gasteiger partial charge in [0.2, 0.25) is 28.7 Å². The van der Waals surface area contributed by atoms with Crippen LogP contribution in [0.1, 0.15) is 78.7 Å². The quantitative estimate of drug-likeness (QED) is 0.0327. The number of hydrogen-bond donors (Lipinski definition) is 3. The van der Waals surface area contributed by atoms with Crippen molar-refractivity contribution in [2.45, 2.75) is 101 Å². The maximum atomic E-state index is 14.5. The number of halogens is 1. The van der Waals surface area contributed by atoms with E-state index in [0.29, 0.717) is 58.8 Å². The summed E-state index contributed by atoms with van der Waals surface area (Å²) in [4.78, 5) is 52.1. The first-order chi connectivity index (χ1) is 37.7. The molecular weight excluding hydrogens is 1070 g/mol. The molecule has 0 atom stereocenters. The number of benzene rings is 3. The number of piperidine rings is 1. The molecule has 1 amide bonds. The predicted octanol–water partition coefficient (Wildman–Crippen LogP) is 8.87. The fraction of sp³-hybridized carbons (Fsp3) is 0.429. The number of carbonyl (C=O) groups excluding carboxylic acids is 3. The van der Waals surface area contributed by atoms with Gasteiger partial charge in [-0.3, -0.25) is 19.3 Å². The van der Waals surface area contributed by atoms with Crippen molar-refractivity contribution in [1.29, 1.82) is 0 Å². The summed E-state index contributed by atoms with van der Waals surface area (Å²) in [5, 5.41) is 13.3. The molecule has 23 heteroatoms. The molecule has 2 aliphatic heterocycles. The number of carbonyl (C=O) groups is 3. The van der Waals surface area contributed by atoms with Gasteiger partial charge in [0.1, 0.15) is 5.02 Å². The Morgan fingerprint density at radius 2 is 1.53 bits per heavy atom. The van der Waals surface area contributed by atoms with E-state index < -0.39 is 49.3 Å². The van der Waals surface area contributed by atoms with E-state index >= 15 is 0 Å². The van der Waals surface area contributed by atoms with Crippen LogP contribution >= 0.6 is 11.6 Å². The highest BCUT2D eigenvalue weighted by Gasteiger charge is 2.32. The van der Waals surface area contributed by atoms with E-state index in [4.69, 9.17) is 25.8 Å². The lowest BCUT2D eigenvalue weighted by molar-refractivity contribution is -0.172. The number of sulfonamides is 1. The summed E-state index contributed by atoms with van der Waals surface area (Å²) in [6.45, 7) is 12.8. The summed E-state index contributed by atoms with van der Waals surface area (Å²) in [6.07, 6.45) is 8.28. The zero-order chi connectivity index (χ0) is 56.5. The van der Waals surface area contributed by atoms with Crippen LogP contribution in [0.2, 0.25) is 5.02 Å². The molecule has 422 valence electrons. The highest BCUT2D eigenvalue weighted by atomic mass is 35.5. The van der Waals surface area contributed by atoms with Gasteiger partial charge >= 0.3 is 11.9 Å². The molecule has 0 aliphatic carbocycles. The SMILES string of the molecule is COC1CCN(S(=O)(=O)c2cc(NC(=O)CCCCCN3CCN(c4ccc(Nc5ncc(Cl)c(Nc6ccccc6S(=O)(=O)C(C)C)n5)cc4)CC3)ccc2-c2ccn3ncc(CC(=O)OCOC(=O)C(C)(C)C)c3c2)CC1. The van der Waals surface area contributed by atoms with Crippen LogP contribution in [-0.4, -0.2) is 135 Å². The first kappa shape index (κ1) is 58.5. The van der Waals surface area contributed by atoms with Crippen molar-refractivity contribution in [1.82, 2.24) is 28.8 Å². The number of piperazine rings is 1. The molecule has 2 fully saturated rings. The third-order valence-electron chi connectivity index (χ3n) is 13.9. The van der Waals surface area contributed by atoms with E-state index in [0.717, 1.165) is 56.9 Å². The van der Waals surface area contributed by atoms with Crippen LogP contribution in [0.15, 0.2) is 107 Å². The molecule has 0 radical (unpaired) electrons. The Morgan fingerprint density at radius 1 is 0.810 bits per heavy atom. The van der Waals surface area contributed by atoms with Gasteiger partial charge in [0.05, 0.1) is 56.6 Å². The van der Waals surface area contributed by atoms with E-state index in [-0.39, 0.29) is 58.6 Å². The number of nitrogens with zero attached hydrogens (tertiary/aromatic N) is 7. The second-order valence-corrected chi connectivity index (χ2v) is 25.7. The number of ether oxygens (including phenoxy) is 3. The lowest BCUT2D eigenvalue weighted by Gasteiger charge is -2.36. The van der Waals surface area contributed by atoms with Crippen LogP contribution in [0.5, 0.6) is 0 Å². The largest absolute Gasteiger partial charge is 0.428 e. The zero-order valence-electron chi connectivity index (χ0n) is 45.4. The molecule has 0 bridgehead atoms. The Labute approximate surface area is 467 Å².